The largest absolute Gasteiger partial charge is 0.508 e. The van der Waals surface area contributed by atoms with Crippen molar-refractivity contribution < 1.29 is 63.1 Å². The number of ether oxygens (including phenoxy) is 3. The molecular weight excluding hydrogens is 817 g/mol. The molecule has 2 aromatic carbocycles. The predicted octanol–water partition coefficient (Wildman–Crippen LogP) is 1.62. The first-order valence-electron chi connectivity index (χ1n) is 20.1. The number of rotatable bonds is 29. The molecule has 7 amide bonds. The lowest BCUT2D eigenvalue weighted by Gasteiger charge is -2.24. The molecule has 20 heteroatoms. The summed E-state index contributed by atoms with van der Waals surface area (Å²) in [5, 5.41) is 37.3. The van der Waals surface area contributed by atoms with E-state index in [-0.39, 0.29) is 100.0 Å². The number of nitrogens with zero attached hydrogens (tertiary/aromatic N) is 1. The Balaban J connectivity index is 1.25. The Hall–Kier alpha value is -5.60. The maximum absolute atomic E-state index is 12.9. The van der Waals surface area contributed by atoms with Crippen molar-refractivity contribution >= 4 is 53.1 Å². The summed E-state index contributed by atoms with van der Waals surface area (Å²) in [5.41, 5.74) is 11.1. The molecule has 2 unspecified atom stereocenters. The van der Waals surface area contributed by atoms with Crippen molar-refractivity contribution in [1.82, 2.24) is 20.9 Å². The van der Waals surface area contributed by atoms with Crippen molar-refractivity contribution in [2.75, 3.05) is 51.9 Å². The summed E-state index contributed by atoms with van der Waals surface area (Å²) < 4.78 is 16.6. The third-order valence-electron chi connectivity index (χ3n) is 9.47. The van der Waals surface area contributed by atoms with Crippen LogP contribution in [-0.4, -0.2) is 131 Å². The molecule has 0 aliphatic carbocycles. The fourth-order valence-electron chi connectivity index (χ4n) is 6.21. The summed E-state index contributed by atoms with van der Waals surface area (Å²) in [6.07, 6.45) is 1.78. The van der Waals surface area contributed by atoms with Gasteiger partial charge in [-0.15, -0.1) is 11.8 Å². The molecule has 336 valence electrons. The molecular formula is C41H58N6O13S. The highest BCUT2D eigenvalue weighted by molar-refractivity contribution is 8.00. The first kappa shape index (κ1) is 49.8. The minimum absolute atomic E-state index is 0.0451. The van der Waals surface area contributed by atoms with Crippen molar-refractivity contribution in [3.05, 3.63) is 47.5 Å². The van der Waals surface area contributed by atoms with E-state index in [1.165, 1.54) is 40.9 Å². The quantitative estimate of drug-likeness (QED) is 0.0328. The van der Waals surface area contributed by atoms with Crippen LogP contribution in [-0.2, 0) is 39.9 Å². The number of benzene rings is 2. The Bertz CT molecular complexity index is 1790. The number of likely N-dealkylation sites (tertiary alicyclic amines) is 1. The van der Waals surface area contributed by atoms with Gasteiger partial charge in [0, 0.05) is 50.2 Å². The van der Waals surface area contributed by atoms with Crippen molar-refractivity contribution in [2.45, 2.75) is 82.5 Å². The zero-order chi connectivity index (χ0) is 44.9. The number of carbonyl (C=O) groups is 7. The number of imide groups is 1. The Morgan fingerprint density at radius 3 is 2.16 bits per heavy atom. The highest BCUT2D eigenvalue weighted by atomic mass is 32.2. The number of thioether (sulfide) groups is 1. The minimum atomic E-state index is -1.01. The molecule has 3 rings (SSSR count). The number of urea groups is 1. The second-order valence-electron chi connectivity index (χ2n) is 14.6. The van der Waals surface area contributed by atoms with Crippen LogP contribution in [0.4, 0.5) is 4.79 Å². The molecule has 1 saturated heterocycles. The predicted molar refractivity (Wildman–Crippen MR) is 224 cm³/mol. The maximum atomic E-state index is 12.9. The summed E-state index contributed by atoms with van der Waals surface area (Å²) in [6.45, 7) is 4.97. The van der Waals surface area contributed by atoms with Crippen molar-refractivity contribution in [3.63, 3.8) is 0 Å². The SMILES string of the molecule is CC(C)[C@H](NC(=O)CCCCN1C(=O)CC(SCCOCCOCCOc2cc(O)c(C(=O)CCc3ccc(O)cc3)c(O)c2)C1=O)C(=O)NC(CCCNC(N)=O)C(N)=O. The van der Waals surface area contributed by atoms with Gasteiger partial charge in [0.1, 0.15) is 47.3 Å². The Morgan fingerprint density at radius 1 is 0.869 bits per heavy atom. The Kier molecular flexibility index (Phi) is 21.1. The van der Waals surface area contributed by atoms with Gasteiger partial charge in [-0.25, -0.2) is 4.79 Å². The van der Waals surface area contributed by atoms with Crippen molar-refractivity contribution in [3.8, 4) is 23.0 Å². The molecule has 1 aliphatic heterocycles. The lowest BCUT2D eigenvalue weighted by Crippen LogP contribution is -2.54. The fourth-order valence-corrected chi connectivity index (χ4v) is 7.24. The van der Waals surface area contributed by atoms with Gasteiger partial charge in [0.15, 0.2) is 5.78 Å². The van der Waals surface area contributed by atoms with E-state index in [1.807, 2.05) is 0 Å². The number of amides is 7. The van der Waals surface area contributed by atoms with E-state index in [9.17, 15) is 48.9 Å². The van der Waals surface area contributed by atoms with Crippen LogP contribution in [0.5, 0.6) is 23.0 Å². The number of phenols is 3. The van der Waals surface area contributed by atoms with E-state index < -0.39 is 58.4 Å². The summed E-state index contributed by atoms with van der Waals surface area (Å²) in [7, 11) is 0. The number of phenolic OH excluding ortho intramolecular Hbond substituents is 3. The van der Waals surface area contributed by atoms with Crippen LogP contribution < -0.4 is 32.2 Å². The average Bonchev–Trinajstić information content (AvgIpc) is 3.47. The van der Waals surface area contributed by atoms with Crippen molar-refractivity contribution in [1.29, 1.82) is 0 Å². The van der Waals surface area contributed by atoms with Gasteiger partial charge in [-0.1, -0.05) is 26.0 Å². The topological polar surface area (TPSA) is 299 Å². The molecule has 19 nitrogen and oxygen atoms in total. The highest BCUT2D eigenvalue weighted by Gasteiger charge is 2.38. The number of primary amides is 2. The average molecular weight is 875 g/mol. The summed E-state index contributed by atoms with van der Waals surface area (Å²) >= 11 is 1.32. The Labute approximate surface area is 358 Å². The number of aromatic hydroxyl groups is 3. The number of hydrogen-bond donors (Lipinski definition) is 8. The van der Waals surface area contributed by atoms with Crippen LogP contribution >= 0.6 is 11.8 Å². The highest BCUT2D eigenvalue weighted by Crippen LogP contribution is 2.34. The molecule has 3 atom stereocenters. The van der Waals surface area contributed by atoms with Crippen LogP contribution in [0.3, 0.4) is 0 Å². The maximum Gasteiger partial charge on any atom is 0.312 e. The summed E-state index contributed by atoms with van der Waals surface area (Å²) in [6, 6.07) is 6.25. The minimum Gasteiger partial charge on any atom is -0.508 e. The van der Waals surface area contributed by atoms with Gasteiger partial charge in [0.05, 0.1) is 31.7 Å². The van der Waals surface area contributed by atoms with E-state index in [1.54, 1.807) is 26.0 Å². The number of nitrogens with two attached hydrogens (primary N) is 2. The van der Waals surface area contributed by atoms with Gasteiger partial charge in [0.25, 0.3) is 0 Å². The number of Topliss-reactive ketones (excluding diaryl/α,β-unsaturated/α-hetero) is 1. The van der Waals surface area contributed by atoms with Gasteiger partial charge in [-0.05, 0) is 55.7 Å². The normalized spacial score (nSPS) is 14.7. The summed E-state index contributed by atoms with van der Waals surface area (Å²) in [4.78, 5) is 87.7. The standard InChI is InChI=1S/C41H58N6O13S/c1-25(2)37(39(55)45-29(38(42)54)6-5-14-44-41(43)57)46-34(52)7-3-4-15-47-35(53)24-33(40(47)56)61-21-20-59-17-16-58-18-19-60-28-22-31(50)36(32(51)23-28)30(49)13-10-26-8-11-27(48)12-9-26/h8-9,11-12,22-23,25,29,33,37,48,50-51H,3-7,10,13-21,24H2,1-2H3,(H2,42,54)(H,45,55)(H,46,52)(H3,43,44,57)/t29?,33?,37-/m0/s1. The molecule has 10 N–H and O–H groups in total. The smallest absolute Gasteiger partial charge is 0.312 e. The van der Waals surface area contributed by atoms with Crippen molar-refractivity contribution in [2.24, 2.45) is 17.4 Å². The molecule has 0 bridgehead atoms. The zero-order valence-electron chi connectivity index (χ0n) is 34.5. The summed E-state index contributed by atoms with van der Waals surface area (Å²) in [5.74, 6) is -3.12. The van der Waals surface area contributed by atoms with Crippen LogP contribution in [0.15, 0.2) is 36.4 Å². The lowest BCUT2D eigenvalue weighted by atomic mass is 10.0. The Morgan fingerprint density at radius 2 is 1.52 bits per heavy atom. The van der Waals surface area contributed by atoms with Gasteiger partial charge in [-0.3, -0.25) is 33.7 Å². The number of aryl methyl sites for hydroxylation is 1. The first-order chi connectivity index (χ1) is 29.1. The van der Waals surface area contributed by atoms with Crippen LogP contribution in [0.25, 0.3) is 0 Å². The second kappa shape index (κ2) is 25.9. The molecule has 1 aliphatic rings. The van der Waals surface area contributed by atoms with Gasteiger partial charge in [0.2, 0.25) is 29.5 Å². The molecule has 0 saturated carbocycles. The number of nitrogens with one attached hydrogen (secondary N) is 3. The third-order valence-corrected chi connectivity index (χ3v) is 10.6. The molecule has 1 heterocycles. The molecule has 2 aromatic rings. The van der Waals surface area contributed by atoms with Gasteiger partial charge < -0.3 is 56.9 Å². The molecule has 0 aromatic heterocycles. The molecule has 0 spiro atoms. The third kappa shape index (κ3) is 17.5. The lowest BCUT2D eigenvalue weighted by molar-refractivity contribution is -0.138. The zero-order valence-corrected chi connectivity index (χ0v) is 35.3. The number of hydrogen-bond acceptors (Lipinski definition) is 14. The number of ketones is 1. The van der Waals surface area contributed by atoms with Crippen LogP contribution in [0.2, 0.25) is 0 Å². The van der Waals surface area contributed by atoms with Crippen LogP contribution in [0, 0.1) is 5.92 Å². The molecule has 0 radical (unpaired) electrons. The van der Waals surface area contributed by atoms with E-state index in [2.05, 4.69) is 16.0 Å². The second-order valence-corrected chi connectivity index (χ2v) is 15.9. The van der Waals surface area contributed by atoms with Gasteiger partial charge in [-0.2, -0.15) is 0 Å². The molecule has 1 fully saturated rings. The van der Waals surface area contributed by atoms with E-state index in [0.717, 1.165) is 5.56 Å². The monoisotopic (exact) mass is 874 g/mol. The first-order valence-corrected chi connectivity index (χ1v) is 21.2. The van der Waals surface area contributed by atoms with Crippen LogP contribution in [0.1, 0.15) is 74.7 Å². The van der Waals surface area contributed by atoms with Gasteiger partial charge >= 0.3 is 6.03 Å². The van der Waals surface area contributed by atoms with E-state index >= 15 is 0 Å². The number of carbonyl (C=O) groups excluding carboxylic acids is 7. The van der Waals surface area contributed by atoms with E-state index in [4.69, 9.17) is 25.7 Å². The fraction of sp³-hybridized carbons (Fsp3) is 0.537. The van der Waals surface area contributed by atoms with E-state index in [0.29, 0.717) is 38.0 Å². The molecule has 61 heavy (non-hydrogen) atoms. The number of unbranched alkanes of at least 4 members (excludes halogenated alkanes) is 1.